The van der Waals surface area contributed by atoms with Gasteiger partial charge in [-0.2, -0.15) is 0 Å². The first-order valence-corrected chi connectivity index (χ1v) is 12.1. The van der Waals surface area contributed by atoms with Gasteiger partial charge < -0.3 is 24.7 Å². The summed E-state index contributed by atoms with van der Waals surface area (Å²) in [6.45, 7) is 0.0264. The predicted molar refractivity (Wildman–Crippen MR) is 143 cm³/mol. The van der Waals surface area contributed by atoms with E-state index in [1.807, 2.05) is 65.6 Å². The Kier molecular flexibility index (Phi) is 6.96. The van der Waals surface area contributed by atoms with E-state index in [9.17, 15) is 9.59 Å². The number of hydrogen-bond acceptors (Lipinski definition) is 6. The normalized spacial score (nSPS) is 16.8. The van der Waals surface area contributed by atoms with Crippen LogP contribution in [-0.4, -0.2) is 40.5 Å². The van der Waals surface area contributed by atoms with E-state index < -0.39 is 12.0 Å². The average Bonchev–Trinajstić information content (AvgIpc) is 3.54. The minimum Gasteiger partial charge on any atom is -0.465 e. The van der Waals surface area contributed by atoms with Crippen LogP contribution in [-0.2, 0) is 9.53 Å². The highest BCUT2D eigenvalue weighted by Crippen LogP contribution is 2.40. The van der Waals surface area contributed by atoms with Gasteiger partial charge in [-0.3, -0.25) is 9.78 Å². The molecule has 186 valence electrons. The molecule has 2 aromatic heterocycles. The third kappa shape index (κ3) is 5.22. The molecule has 0 radical (unpaired) electrons. The van der Waals surface area contributed by atoms with Crippen LogP contribution in [0, 0.1) is 0 Å². The number of ether oxygens (including phenoxy) is 1. The molecule has 9 heteroatoms. The van der Waals surface area contributed by atoms with Crippen molar-refractivity contribution in [3.63, 3.8) is 0 Å². The van der Waals surface area contributed by atoms with Crippen LogP contribution in [0.15, 0.2) is 95.5 Å². The van der Waals surface area contributed by atoms with Crippen LogP contribution in [0.4, 0.5) is 5.69 Å². The Hall–Kier alpha value is -4.50. The monoisotopic (exact) mass is 512 g/mol. The van der Waals surface area contributed by atoms with Crippen molar-refractivity contribution in [3.05, 3.63) is 108 Å². The molecule has 1 aliphatic rings. The number of aromatic nitrogens is 1. The van der Waals surface area contributed by atoms with E-state index in [1.165, 1.54) is 7.11 Å². The Labute approximate surface area is 219 Å². The third-order valence-electron chi connectivity index (χ3n) is 6.08. The van der Waals surface area contributed by atoms with Gasteiger partial charge in [-0.25, -0.2) is 4.79 Å². The second-order valence-electron chi connectivity index (χ2n) is 8.44. The molecule has 1 saturated heterocycles. The van der Waals surface area contributed by atoms with Crippen LogP contribution in [0.25, 0.3) is 11.3 Å². The molecule has 37 heavy (non-hydrogen) atoms. The van der Waals surface area contributed by atoms with Gasteiger partial charge >= 0.3 is 5.97 Å². The molecule has 0 unspecified atom stereocenters. The van der Waals surface area contributed by atoms with E-state index in [0.717, 1.165) is 11.3 Å². The van der Waals surface area contributed by atoms with Gasteiger partial charge in [-0.15, -0.1) is 0 Å². The summed E-state index contributed by atoms with van der Waals surface area (Å²) in [6, 6.07) is 24.9. The molecule has 5 rings (SSSR count). The van der Waals surface area contributed by atoms with Crippen molar-refractivity contribution in [1.29, 1.82) is 0 Å². The Morgan fingerprint density at radius 2 is 1.78 bits per heavy atom. The Morgan fingerprint density at radius 3 is 2.49 bits per heavy atom. The summed E-state index contributed by atoms with van der Waals surface area (Å²) >= 11 is 5.65. The number of para-hydroxylation sites is 1. The minimum absolute atomic E-state index is 0.0264. The summed E-state index contributed by atoms with van der Waals surface area (Å²) in [7, 11) is 1.35. The molecule has 0 aliphatic carbocycles. The van der Waals surface area contributed by atoms with Gasteiger partial charge in [0, 0.05) is 17.4 Å². The van der Waals surface area contributed by atoms with Crippen molar-refractivity contribution in [1.82, 2.24) is 15.2 Å². The number of amides is 1. The Balaban J connectivity index is 1.44. The average molecular weight is 513 g/mol. The van der Waals surface area contributed by atoms with Crippen LogP contribution in [0.5, 0.6) is 0 Å². The van der Waals surface area contributed by atoms with Gasteiger partial charge in [0.2, 0.25) is 5.91 Å². The largest absolute Gasteiger partial charge is 0.465 e. The first kappa shape index (κ1) is 24.2. The Bertz CT molecular complexity index is 1410. The number of carbonyl (C=O) groups excluding carboxylic acids is 2. The lowest BCUT2D eigenvalue weighted by Crippen LogP contribution is -2.36. The van der Waals surface area contributed by atoms with Crippen molar-refractivity contribution in [2.45, 2.75) is 12.1 Å². The molecule has 0 bridgehead atoms. The quantitative estimate of drug-likeness (QED) is 0.271. The van der Waals surface area contributed by atoms with Crippen molar-refractivity contribution in [2.75, 3.05) is 19.0 Å². The molecule has 4 aromatic rings. The number of methoxy groups -OCH3 is 1. The van der Waals surface area contributed by atoms with Crippen LogP contribution in [0.2, 0.25) is 0 Å². The zero-order valence-electron chi connectivity index (χ0n) is 20.0. The maximum absolute atomic E-state index is 12.9. The molecule has 1 amide bonds. The number of thiocarbonyl (C=S) groups is 1. The number of rotatable bonds is 7. The molecule has 0 spiro atoms. The number of furan rings is 1. The fourth-order valence-electron chi connectivity index (χ4n) is 4.32. The van der Waals surface area contributed by atoms with Crippen molar-refractivity contribution in [3.8, 4) is 11.3 Å². The van der Waals surface area contributed by atoms with E-state index in [1.54, 1.807) is 30.5 Å². The van der Waals surface area contributed by atoms with Crippen LogP contribution >= 0.6 is 12.2 Å². The second kappa shape index (κ2) is 10.6. The summed E-state index contributed by atoms with van der Waals surface area (Å²) in [5, 5.41) is 6.67. The number of carbonyl (C=O) groups is 2. The highest BCUT2D eigenvalue weighted by atomic mass is 32.1. The number of anilines is 1. The van der Waals surface area contributed by atoms with Gasteiger partial charge in [0.25, 0.3) is 0 Å². The van der Waals surface area contributed by atoms with E-state index in [-0.39, 0.29) is 18.5 Å². The topological polar surface area (TPSA) is 96.7 Å². The summed E-state index contributed by atoms with van der Waals surface area (Å²) in [5.41, 5.74) is 2.74. The van der Waals surface area contributed by atoms with Gasteiger partial charge in [0.1, 0.15) is 24.1 Å². The van der Waals surface area contributed by atoms with Crippen LogP contribution in [0.1, 0.15) is 33.9 Å². The van der Waals surface area contributed by atoms with E-state index in [0.29, 0.717) is 27.9 Å². The smallest absolute Gasteiger partial charge is 0.337 e. The molecule has 1 fully saturated rings. The zero-order valence-corrected chi connectivity index (χ0v) is 20.8. The molecular weight excluding hydrogens is 488 g/mol. The molecule has 2 atom stereocenters. The van der Waals surface area contributed by atoms with Crippen molar-refractivity contribution < 1.29 is 18.7 Å². The summed E-state index contributed by atoms with van der Waals surface area (Å²) in [4.78, 5) is 31.1. The summed E-state index contributed by atoms with van der Waals surface area (Å²) in [6.07, 6.45) is 1.72. The third-order valence-corrected chi connectivity index (χ3v) is 6.43. The lowest BCUT2D eigenvalue weighted by Gasteiger charge is -2.25. The zero-order chi connectivity index (χ0) is 25.8. The predicted octanol–water partition coefficient (Wildman–Crippen LogP) is 4.74. The molecule has 0 saturated carbocycles. The number of hydrogen-bond donors (Lipinski definition) is 2. The maximum atomic E-state index is 12.9. The van der Waals surface area contributed by atoms with Crippen molar-refractivity contribution >= 4 is 34.9 Å². The van der Waals surface area contributed by atoms with Crippen LogP contribution < -0.4 is 10.6 Å². The van der Waals surface area contributed by atoms with E-state index >= 15 is 0 Å². The van der Waals surface area contributed by atoms with Gasteiger partial charge in [0.05, 0.1) is 24.4 Å². The number of benzene rings is 2. The number of esters is 1. The SMILES string of the molecule is COC(=O)c1ccc(-c2ccc([C@H]3[C@@H](c4ccccn4)NC(=S)N3CC(=O)Nc3ccccc3)o2)cc1. The first-order valence-electron chi connectivity index (χ1n) is 11.6. The lowest BCUT2D eigenvalue weighted by molar-refractivity contribution is -0.116. The number of nitrogens with zero attached hydrogens (tertiary/aromatic N) is 2. The second-order valence-corrected chi connectivity index (χ2v) is 8.83. The molecule has 1 aliphatic heterocycles. The van der Waals surface area contributed by atoms with Gasteiger partial charge in [0.15, 0.2) is 5.11 Å². The van der Waals surface area contributed by atoms with E-state index in [2.05, 4.69) is 15.6 Å². The lowest BCUT2D eigenvalue weighted by atomic mass is 10.0. The van der Waals surface area contributed by atoms with Crippen molar-refractivity contribution in [2.24, 2.45) is 0 Å². The maximum Gasteiger partial charge on any atom is 0.337 e. The highest BCUT2D eigenvalue weighted by molar-refractivity contribution is 7.80. The molecule has 3 heterocycles. The Morgan fingerprint density at radius 1 is 1.03 bits per heavy atom. The van der Waals surface area contributed by atoms with Gasteiger partial charge in [-0.1, -0.05) is 36.4 Å². The molecular formula is C28H24N4O4S. The molecule has 8 nitrogen and oxygen atoms in total. The standard InChI is InChI=1S/C28H24N4O4S/c1-35-27(34)19-12-10-18(11-13-19)22-14-15-23(36-22)26-25(21-9-5-6-16-29-21)31-28(37)32(26)17-24(33)30-20-7-3-2-4-8-20/h2-16,25-26H,17H2,1H3,(H,30,33)(H,31,37)/t25-,26+/m1/s1. The summed E-state index contributed by atoms with van der Waals surface area (Å²) < 4.78 is 11.1. The number of pyridine rings is 1. The van der Waals surface area contributed by atoms with Gasteiger partial charge in [-0.05, 0) is 60.7 Å². The summed E-state index contributed by atoms with van der Waals surface area (Å²) in [5.74, 6) is 0.646. The fourth-order valence-corrected chi connectivity index (χ4v) is 4.62. The highest BCUT2D eigenvalue weighted by Gasteiger charge is 2.42. The van der Waals surface area contributed by atoms with Crippen LogP contribution in [0.3, 0.4) is 0 Å². The molecule has 2 N–H and O–H groups in total. The fraction of sp³-hybridized carbons (Fsp3) is 0.143. The number of nitrogens with one attached hydrogen (secondary N) is 2. The molecule has 2 aromatic carbocycles. The van der Waals surface area contributed by atoms with E-state index in [4.69, 9.17) is 21.4 Å². The first-order chi connectivity index (χ1) is 18.0. The minimum atomic E-state index is -0.410.